The number of methoxy groups -OCH3 is 2. The summed E-state index contributed by atoms with van der Waals surface area (Å²) in [6.07, 6.45) is 6.90. The average molecular weight is 537 g/mol. The van der Waals surface area contributed by atoms with Gasteiger partial charge in [0.1, 0.15) is 18.2 Å². The van der Waals surface area contributed by atoms with Gasteiger partial charge in [-0.3, -0.25) is 14.8 Å². The molecule has 2 N–H and O–H groups in total. The van der Waals surface area contributed by atoms with Gasteiger partial charge in [0.05, 0.1) is 19.2 Å². The normalized spacial score (nSPS) is 20.2. The van der Waals surface area contributed by atoms with Crippen LogP contribution in [0.3, 0.4) is 0 Å². The van der Waals surface area contributed by atoms with Crippen LogP contribution < -0.4 is 20.1 Å². The Hall–Kier alpha value is -2.88. The molecule has 9 nitrogen and oxygen atoms in total. The third kappa shape index (κ3) is 6.15. The predicted octanol–water partition coefficient (Wildman–Crippen LogP) is 4.61. The number of rotatable bonds is 13. The van der Waals surface area contributed by atoms with E-state index < -0.39 is 0 Å². The van der Waals surface area contributed by atoms with E-state index in [1.807, 2.05) is 18.3 Å². The van der Waals surface area contributed by atoms with Crippen molar-refractivity contribution in [3.05, 3.63) is 24.4 Å². The van der Waals surface area contributed by atoms with Gasteiger partial charge in [0.25, 0.3) is 0 Å². The first kappa shape index (κ1) is 27.7. The summed E-state index contributed by atoms with van der Waals surface area (Å²) in [6, 6.07) is 7.22. The third-order valence-corrected chi connectivity index (χ3v) is 8.34. The highest BCUT2D eigenvalue weighted by Gasteiger charge is 2.25. The summed E-state index contributed by atoms with van der Waals surface area (Å²) < 4.78 is 16.8. The molecule has 4 heterocycles. The number of pyridine rings is 2. The molecule has 5 rings (SSSR count). The molecule has 0 spiro atoms. The van der Waals surface area contributed by atoms with Gasteiger partial charge in [-0.05, 0) is 64.0 Å². The SMILES string of the molecule is CCN1CCCC1CNc1cc2c(cnc3cc(OCCOC)c(OC)cc32)c(NCC2CCCN2CC)n1. The lowest BCUT2D eigenvalue weighted by Crippen LogP contribution is -2.35. The number of anilines is 2. The molecular weight excluding hydrogens is 492 g/mol. The van der Waals surface area contributed by atoms with Crippen molar-refractivity contribution < 1.29 is 14.2 Å². The highest BCUT2D eigenvalue weighted by molar-refractivity contribution is 6.10. The van der Waals surface area contributed by atoms with Crippen LogP contribution in [-0.2, 0) is 4.74 Å². The lowest BCUT2D eigenvalue weighted by atomic mass is 10.1. The number of benzene rings is 1. The zero-order valence-corrected chi connectivity index (χ0v) is 24.0. The van der Waals surface area contributed by atoms with Crippen molar-refractivity contribution >= 4 is 33.3 Å². The zero-order chi connectivity index (χ0) is 27.2. The van der Waals surface area contributed by atoms with Gasteiger partial charge >= 0.3 is 0 Å². The molecule has 2 atom stereocenters. The topological polar surface area (TPSA) is 84.0 Å². The van der Waals surface area contributed by atoms with E-state index in [2.05, 4.69) is 40.3 Å². The first-order valence-electron chi connectivity index (χ1n) is 14.5. The molecule has 2 unspecified atom stereocenters. The molecule has 9 heteroatoms. The molecule has 1 aromatic carbocycles. The smallest absolute Gasteiger partial charge is 0.163 e. The first-order valence-corrected chi connectivity index (χ1v) is 14.5. The molecule has 2 saturated heterocycles. The molecule has 0 aliphatic carbocycles. The number of likely N-dealkylation sites (N-methyl/N-ethyl adjacent to an activating group) is 2. The summed E-state index contributed by atoms with van der Waals surface area (Å²) in [4.78, 5) is 15.0. The van der Waals surface area contributed by atoms with Gasteiger partial charge in [-0.25, -0.2) is 4.98 Å². The molecule has 39 heavy (non-hydrogen) atoms. The van der Waals surface area contributed by atoms with E-state index in [1.165, 1.54) is 38.8 Å². The molecule has 2 fully saturated rings. The number of nitrogens with one attached hydrogen (secondary N) is 2. The standard InChI is InChI=1S/C30H44N6O3/c1-5-35-11-7-9-21(35)18-32-29-16-23-24-15-27(38-4)28(39-14-13-37-3)17-26(24)31-20-25(23)30(34-29)33-19-22-10-8-12-36(22)6-2/h15-17,20-22H,5-14,18-19H2,1-4H3,(H2,32,33,34). The predicted molar refractivity (Wildman–Crippen MR) is 158 cm³/mol. The number of likely N-dealkylation sites (tertiary alicyclic amines) is 2. The molecule has 0 saturated carbocycles. The van der Waals surface area contributed by atoms with Crippen molar-refractivity contribution in [1.29, 1.82) is 0 Å². The minimum absolute atomic E-state index is 0.448. The van der Waals surface area contributed by atoms with Crippen LogP contribution in [-0.4, -0.2) is 98.6 Å². The van der Waals surface area contributed by atoms with E-state index in [1.54, 1.807) is 14.2 Å². The molecule has 0 amide bonds. The van der Waals surface area contributed by atoms with Gasteiger partial charge in [0.2, 0.25) is 0 Å². The van der Waals surface area contributed by atoms with Crippen molar-refractivity contribution in [1.82, 2.24) is 19.8 Å². The van der Waals surface area contributed by atoms with Crippen LogP contribution in [0.4, 0.5) is 11.6 Å². The fourth-order valence-electron chi connectivity index (χ4n) is 6.17. The van der Waals surface area contributed by atoms with Crippen molar-refractivity contribution in [3.8, 4) is 11.5 Å². The average Bonchev–Trinajstić information content (AvgIpc) is 3.63. The first-order chi connectivity index (χ1) is 19.1. The maximum Gasteiger partial charge on any atom is 0.163 e. The van der Waals surface area contributed by atoms with Gasteiger partial charge < -0.3 is 24.8 Å². The minimum atomic E-state index is 0.448. The van der Waals surface area contributed by atoms with Crippen molar-refractivity contribution in [2.75, 3.05) is 77.3 Å². The van der Waals surface area contributed by atoms with Gasteiger partial charge in [-0.1, -0.05) is 13.8 Å². The van der Waals surface area contributed by atoms with Crippen LogP contribution in [0.15, 0.2) is 24.4 Å². The number of nitrogens with zero attached hydrogens (tertiary/aromatic N) is 4. The molecule has 212 valence electrons. The number of hydrogen-bond donors (Lipinski definition) is 2. The number of ether oxygens (including phenoxy) is 3. The van der Waals surface area contributed by atoms with Gasteiger partial charge in [0, 0.05) is 60.7 Å². The van der Waals surface area contributed by atoms with Crippen LogP contribution >= 0.6 is 0 Å². The van der Waals surface area contributed by atoms with Crippen LogP contribution in [0.2, 0.25) is 0 Å². The van der Waals surface area contributed by atoms with Crippen LogP contribution in [0.1, 0.15) is 39.5 Å². The van der Waals surface area contributed by atoms with Crippen molar-refractivity contribution in [2.45, 2.75) is 51.6 Å². The maximum atomic E-state index is 5.93. The largest absolute Gasteiger partial charge is 0.493 e. The van der Waals surface area contributed by atoms with E-state index in [0.717, 1.165) is 59.5 Å². The minimum Gasteiger partial charge on any atom is -0.493 e. The molecule has 3 aromatic rings. The summed E-state index contributed by atoms with van der Waals surface area (Å²) in [5.74, 6) is 3.12. The monoisotopic (exact) mass is 536 g/mol. The fraction of sp³-hybridized carbons (Fsp3) is 0.600. The molecule has 0 radical (unpaired) electrons. The highest BCUT2D eigenvalue weighted by atomic mass is 16.5. The highest BCUT2D eigenvalue weighted by Crippen LogP contribution is 2.37. The van der Waals surface area contributed by atoms with Crippen LogP contribution in [0, 0.1) is 0 Å². The number of hydrogen-bond acceptors (Lipinski definition) is 9. The summed E-state index contributed by atoms with van der Waals surface area (Å²) in [5.41, 5.74) is 0.861. The number of fused-ring (bicyclic) bond motifs is 3. The van der Waals surface area contributed by atoms with Crippen molar-refractivity contribution in [3.63, 3.8) is 0 Å². The van der Waals surface area contributed by atoms with E-state index >= 15 is 0 Å². The van der Waals surface area contributed by atoms with E-state index in [9.17, 15) is 0 Å². The van der Waals surface area contributed by atoms with E-state index in [4.69, 9.17) is 24.2 Å². The Bertz CT molecular complexity index is 1250. The molecule has 2 aliphatic heterocycles. The van der Waals surface area contributed by atoms with E-state index in [-0.39, 0.29) is 0 Å². The maximum absolute atomic E-state index is 5.93. The van der Waals surface area contributed by atoms with Gasteiger partial charge in [-0.15, -0.1) is 0 Å². The third-order valence-electron chi connectivity index (χ3n) is 8.34. The molecular formula is C30H44N6O3. The molecule has 2 aliphatic rings. The van der Waals surface area contributed by atoms with Crippen LogP contribution in [0.5, 0.6) is 11.5 Å². The summed E-state index contributed by atoms with van der Waals surface area (Å²) in [7, 11) is 3.34. The zero-order valence-electron chi connectivity index (χ0n) is 24.0. The molecule has 0 bridgehead atoms. The Morgan fingerprint density at radius 3 is 2.23 bits per heavy atom. The lowest BCUT2D eigenvalue weighted by Gasteiger charge is -2.25. The summed E-state index contributed by atoms with van der Waals surface area (Å²) >= 11 is 0. The van der Waals surface area contributed by atoms with Gasteiger partial charge in [-0.2, -0.15) is 0 Å². The molecule has 2 aromatic heterocycles. The Balaban J connectivity index is 1.50. The second-order valence-electron chi connectivity index (χ2n) is 10.5. The van der Waals surface area contributed by atoms with E-state index in [0.29, 0.717) is 36.8 Å². The summed E-state index contributed by atoms with van der Waals surface area (Å²) in [5, 5.41) is 10.5. The lowest BCUT2D eigenvalue weighted by molar-refractivity contribution is 0.144. The number of aromatic nitrogens is 2. The van der Waals surface area contributed by atoms with Gasteiger partial charge in [0.15, 0.2) is 11.5 Å². The second kappa shape index (κ2) is 13.0. The van der Waals surface area contributed by atoms with Crippen LogP contribution in [0.25, 0.3) is 21.7 Å². The Morgan fingerprint density at radius 2 is 1.56 bits per heavy atom. The fourth-order valence-corrected chi connectivity index (χ4v) is 6.17. The Kier molecular flexibility index (Phi) is 9.21. The second-order valence-corrected chi connectivity index (χ2v) is 10.5. The Morgan fingerprint density at radius 1 is 0.846 bits per heavy atom. The summed E-state index contributed by atoms with van der Waals surface area (Å²) in [6.45, 7) is 11.7. The quantitative estimate of drug-likeness (QED) is 0.240. The van der Waals surface area contributed by atoms with Crippen molar-refractivity contribution in [2.24, 2.45) is 0 Å². The Labute approximate surface area is 232 Å².